The van der Waals surface area contributed by atoms with E-state index >= 15 is 0 Å². The van der Waals surface area contributed by atoms with E-state index in [1.165, 1.54) is 0 Å². The van der Waals surface area contributed by atoms with Crippen LogP contribution in [0.2, 0.25) is 0 Å². The maximum absolute atomic E-state index is 10.5. The van der Waals surface area contributed by atoms with E-state index in [-0.39, 0.29) is 11.8 Å². The third kappa shape index (κ3) is 2.76. The van der Waals surface area contributed by atoms with E-state index in [4.69, 9.17) is 0 Å². The first-order valence-electron chi connectivity index (χ1n) is 4.77. The number of hydrogen-bond acceptors (Lipinski definition) is 2. The molecule has 1 saturated carbocycles. The Hall–Kier alpha value is -0.660. The van der Waals surface area contributed by atoms with Crippen LogP contribution < -0.4 is 0 Å². The van der Waals surface area contributed by atoms with Gasteiger partial charge in [-0.2, -0.15) is 0 Å². The Morgan fingerprint density at radius 2 is 1.17 bits per heavy atom. The molecule has 0 aromatic carbocycles. The van der Waals surface area contributed by atoms with Crippen LogP contribution in [0.15, 0.2) is 0 Å². The fourth-order valence-corrected chi connectivity index (χ4v) is 1.80. The second kappa shape index (κ2) is 5.07. The van der Waals surface area contributed by atoms with Gasteiger partial charge < -0.3 is 9.59 Å². The molecule has 0 bridgehead atoms. The standard InChI is InChI=1S/C10H16O2/c11-7-9-3-1-2-4-10(8-12)6-5-9/h7-10H,1-6H2. The van der Waals surface area contributed by atoms with Gasteiger partial charge in [0.05, 0.1) is 0 Å². The molecule has 0 heterocycles. The summed E-state index contributed by atoms with van der Waals surface area (Å²) in [4.78, 5) is 21.1. The lowest BCUT2D eigenvalue weighted by Crippen LogP contribution is -2.11. The Kier molecular flexibility index (Phi) is 3.98. The van der Waals surface area contributed by atoms with Crippen LogP contribution >= 0.6 is 0 Å². The highest BCUT2D eigenvalue weighted by Gasteiger charge is 2.15. The molecule has 0 radical (unpaired) electrons. The summed E-state index contributed by atoms with van der Waals surface area (Å²) in [5.41, 5.74) is 0. The molecule has 0 N–H and O–H groups in total. The molecule has 1 rings (SSSR count). The number of aldehydes is 2. The summed E-state index contributed by atoms with van der Waals surface area (Å²) in [6.45, 7) is 0. The van der Waals surface area contributed by atoms with Crippen LogP contribution in [0.5, 0.6) is 0 Å². The second-order valence-corrected chi connectivity index (χ2v) is 3.65. The predicted molar refractivity (Wildman–Crippen MR) is 46.8 cm³/mol. The fourth-order valence-electron chi connectivity index (χ4n) is 1.80. The number of carbonyl (C=O) groups excluding carboxylic acids is 2. The van der Waals surface area contributed by atoms with Crippen LogP contribution in [0.4, 0.5) is 0 Å². The molecule has 0 aromatic rings. The van der Waals surface area contributed by atoms with Gasteiger partial charge in [0, 0.05) is 11.8 Å². The van der Waals surface area contributed by atoms with Gasteiger partial charge >= 0.3 is 0 Å². The van der Waals surface area contributed by atoms with Crippen molar-refractivity contribution < 1.29 is 9.59 Å². The molecule has 68 valence electrons. The van der Waals surface area contributed by atoms with Crippen molar-refractivity contribution in [2.24, 2.45) is 11.8 Å². The molecule has 0 aliphatic heterocycles. The van der Waals surface area contributed by atoms with Crippen molar-refractivity contribution in [2.75, 3.05) is 0 Å². The van der Waals surface area contributed by atoms with Gasteiger partial charge in [0.1, 0.15) is 12.6 Å². The SMILES string of the molecule is O=CC1CCCCC(C=O)CC1. The number of hydrogen-bond donors (Lipinski definition) is 0. The third-order valence-corrected chi connectivity index (χ3v) is 2.69. The zero-order valence-corrected chi connectivity index (χ0v) is 7.37. The predicted octanol–water partition coefficient (Wildman–Crippen LogP) is 1.97. The highest BCUT2D eigenvalue weighted by molar-refractivity contribution is 5.55. The largest absolute Gasteiger partial charge is 0.303 e. The monoisotopic (exact) mass is 168 g/mol. The van der Waals surface area contributed by atoms with Crippen molar-refractivity contribution in [3.63, 3.8) is 0 Å². The minimum absolute atomic E-state index is 0.216. The van der Waals surface area contributed by atoms with Gasteiger partial charge in [0.2, 0.25) is 0 Å². The Morgan fingerprint density at radius 3 is 1.50 bits per heavy atom. The smallest absolute Gasteiger partial charge is 0.123 e. The molecule has 2 nitrogen and oxygen atoms in total. The minimum Gasteiger partial charge on any atom is -0.303 e. The molecule has 1 aliphatic carbocycles. The van der Waals surface area contributed by atoms with Gasteiger partial charge in [-0.3, -0.25) is 0 Å². The Balaban J connectivity index is 2.37. The summed E-state index contributed by atoms with van der Waals surface area (Å²) < 4.78 is 0. The maximum atomic E-state index is 10.5. The first-order chi connectivity index (χ1) is 5.86. The van der Waals surface area contributed by atoms with E-state index < -0.39 is 0 Å². The van der Waals surface area contributed by atoms with E-state index in [2.05, 4.69) is 0 Å². The van der Waals surface area contributed by atoms with Crippen molar-refractivity contribution in [2.45, 2.75) is 38.5 Å². The van der Waals surface area contributed by atoms with Crippen molar-refractivity contribution in [3.05, 3.63) is 0 Å². The molecule has 1 fully saturated rings. The molecule has 2 atom stereocenters. The van der Waals surface area contributed by atoms with Crippen LogP contribution in [0.1, 0.15) is 38.5 Å². The topological polar surface area (TPSA) is 34.1 Å². The average Bonchev–Trinajstić information content (AvgIpc) is 2.05. The highest BCUT2D eigenvalue weighted by atomic mass is 16.1. The van der Waals surface area contributed by atoms with Crippen molar-refractivity contribution >= 4 is 12.6 Å². The average molecular weight is 168 g/mol. The second-order valence-electron chi connectivity index (χ2n) is 3.65. The van der Waals surface area contributed by atoms with E-state index in [1.807, 2.05) is 0 Å². The summed E-state index contributed by atoms with van der Waals surface area (Å²) >= 11 is 0. The third-order valence-electron chi connectivity index (χ3n) is 2.69. The minimum atomic E-state index is 0.216. The molecular weight excluding hydrogens is 152 g/mol. The van der Waals surface area contributed by atoms with Gasteiger partial charge in [-0.25, -0.2) is 0 Å². The maximum Gasteiger partial charge on any atom is 0.123 e. The summed E-state index contributed by atoms with van der Waals surface area (Å²) in [5.74, 6) is 0.431. The van der Waals surface area contributed by atoms with Gasteiger partial charge in [0.25, 0.3) is 0 Å². The Labute approximate surface area is 73.3 Å². The summed E-state index contributed by atoms with van der Waals surface area (Å²) in [5, 5.41) is 0. The lowest BCUT2D eigenvalue weighted by molar-refractivity contribution is -0.114. The molecule has 0 saturated heterocycles. The normalized spacial score (nSPS) is 31.7. The van der Waals surface area contributed by atoms with Crippen LogP contribution in [-0.4, -0.2) is 12.6 Å². The fraction of sp³-hybridized carbons (Fsp3) is 0.800. The zero-order chi connectivity index (χ0) is 8.81. The molecule has 2 heteroatoms. The molecule has 0 aromatic heterocycles. The first-order valence-corrected chi connectivity index (χ1v) is 4.77. The molecule has 1 aliphatic rings. The Bertz CT molecular complexity index is 136. The van der Waals surface area contributed by atoms with Crippen molar-refractivity contribution in [1.82, 2.24) is 0 Å². The number of carbonyl (C=O) groups is 2. The number of rotatable bonds is 2. The molecule has 0 amide bonds. The molecule has 2 unspecified atom stereocenters. The van der Waals surface area contributed by atoms with E-state index in [0.717, 1.165) is 51.1 Å². The zero-order valence-electron chi connectivity index (χ0n) is 7.37. The summed E-state index contributed by atoms with van der Waals surface area (Å²) in [6, 6.07) is 0. The van der Waals surface area contributed by atoms with Crippen LogP contribution in [-0.2, 0) is 9.59 Å². The Morgan fingerprint density at radius 1 is 0.750 bits per heavy atom. The van der Waals surface area contributed by atoms with Gasteiger partial charge in [0.15, 0.2) is 0 Å². The summed E-state index contributed by atoms with van der Waals surface area (Å²) in [6.07, 6.45) is 8.17. The van der Waals surface area contributed by atoms with Crippen molar-refractivity contribution in [3.8, 4) is 0 Å². The van der Waals surface area contributed by atoms with E-state index in [0.29, 0.717) is 0 Å². The van der Waals surface area contributed by atoms with Crippen LogP contribution in [0.3, 0.4) is 0 Å². The summed E-state index contributed by atoms with van der Waals surface area (Å²) in [7, 11) is 0. The molecule has 0 spiro atoms. The van der Waals surface area contributed by atoms with E-state index in [1.54, 1.807) is 0 Å². The first kappa shape index (κ1) is 9.43. The molecular formula is C10H16O2. The van der Waals surface area contributed by atoms with Crippen LogP contribution in [0.25, 0.3) is 0 Å². The van der Waals surface area contributed by atoms with Gasteiger partial charge in [-0.1, -0.05) is 12.8 Å². The highest BCUT2D eigenvalue weighted by Crippen LogP contribution is 2.23. The van der Waals surface area contributed by atoms with Gasteiger partial charge in [-0.15, -0.1) is 0 Å². The lowest BCUT2D eigenvalue weighted by atomic mass is 9.87. The molecule has 12 heavy (non-hydrogen) atoms. The quantitative estimate of drug-likeness (QED) is 0.591. The van der Waals surface area contributed by atoms with Crippen LogP contribution in [0, 0.1) is 11.8 Å². The lowest BCUT2D eigenvalue weighted by Gasteiger charge is -2.17. The van der Waals surface area contributed by atoms with E-state index in [9.17, 15) is 9.59 Å². The van der Waals surface area contributed by atoms with Gasteiger partial charge in [-0.05, 0) is 25.7 Å². The van der Waals surface area contributed by atoms with Crippen molar-refractivity contribution in [1.29, 1.82) is 0 Å².